The molecule has 0 fully saturated rings. The Morgan fingerprint density at radius 2 is 0.474 bits per heavy atom. The van der Waals surface area contributed by atoms with E-state index >= 15 is 0 Å². The number of hydrogen-bond donors (Lipinski definition) is 0. The molecule has 16 heteroatoms. The van der Waals surface area contributed by atoms with Crippen molar-refractivity contribution in [1.82, 2.24) is 0 Å². The highest BCUT2D eigenvalue weighted by Gasteiger charge is 2.36. The number of rotatable bonds is 24. The monoisotopic (exact) mass is 1060 g/mol. The Labute approximate surface area is 449 Å². The Morgan fingerprint density at radius 1 is 0.303 bits per heavy atom. The molecule has 416 valence electrons. The third-order valence-corrected chi connectivity index (χ3v) is 13.6. The van der Waals surface area contributed by atoms with Crippen LogP contribution in [0, 0.1) is 23.7 Å². The second kappa shape index (κ2) is 27.8. The van der Waals surface area contributed by atoms with Crippen LogP contribution in [0.4, 0.5) is 0 Å². The Morgan fingerprint density at radius 3 is 0.618 bits per heavy atom. The van der Waals surface area contributed by atoms with Gasteiger partial charge in [0.05, 0.1) is 56.9 Å². The zero-order valence-corrected chi connectivity index (χ0v) is 47.4. The highest BCUT2D eigenvalue weighted by Crippen LogP contribution is 2.54. The number of carbonyl (C=O) groups excluding carboxylic acids is 4. The van der Waals surface area contributed by atoms with E-state index in [1.807, 2.05) is 24.3 Å². The van der Waals surface area contributed by atoms with Gasteiger partial charge in [-0.3, -0.25) is 0 Å². The summed E-state index contributed by atoms with van der Waals surface area (Å²) >= 11 is 0. The van der Waals surface area contributed by atoms with Crippen LogP contribution in [-0.2, 0) is 38.1 Å². The minimum absolute atomic E-state index is 0.0940. The molecule has 0 saturated carbocycles. The van der Waals surface area contributed by atoms with E-state index in [4.69, 9.17) is 56.8 Å². The fraction of sp³-hybridized carbons (Fsp3) is 0.533. The first kappa shape index (κ1) is 60.0. The maximum atomic E-state index is 12.9. The Hall–Kier alpha value is -6.84. The largest absolute Gasteiger partial charge is 0.496 e. The van der Waals surface area contributed by atoms with Gasteiger partial charge in [0, 0.05) is 92.4 Å². The van der Waals surface area contributed by atoms with Crippen LogP contribution in [0.1, 0.15) is 149 Å². The van der Waals surface area contributed by atoms with Crippen molar-refractivity contribution in [1.29, 1.82) is 0 Å². The number of methoxy groups -OCH3 is 8. The number of carbonyl (C=O) groups is 4. The van der Waals surface area contributed by atoms with Gasteiger partial charge in [0.2, 0.25) is 0 Å². The average Bonchev–Trinajstić information content (AvgIpc) is 3.40. The summed E-state index contributed by atoms with van der Waals surface area (Å²) in [5, 5.41) is 0. The zero-order valence-electron chi connectivity index (χ0n) is 47.4. The molecule has 1 aliphatic carbocycles. The van der Waals surface area contributed by atoms with Gasteiger partial charge in [-0.15, -0.1) is 0 Å². The standard InChI is InChI=1S/C60H80O16/c1-33(2)17-37-41-21-46(54(25-49(41)65-9)74-30-58(62)70-14)39(19-35(5)6)43-23-48(56(27-51(43)67-11)76-32-60(64)72-16)40(20-36(7)8)44-24-47(55(28-52(44)68-12)75-31-59(63)71-15)38(18-34(3)4)42-22-45(37)53(26-50(42)66-10)73-29-57(61)69-13/h21-28,33-40H,17-20,29-32H2,1-16H3/t37-,38-,39-,40-/m1/s1. The van der Waals surface area contributed by atoms with Crippen molar-refractivity contribution in [3.05, 3.63) is 93.0 Å². The van der Waals surface area contributed by atoms with Gasteiger partial charge in [-0.25, -0.2) is 19.2 Å². The van der Waals surface area contributed by atoms with Crippen molar-refractivity contribution < 1.29 is 76.0 Å². The molecule has 8 bridgehead atoms. The van der Waals surface area contributed by atoms with E-state index in [0.717, 1.165) is 44.5 Å². The molecule has 0 N–H and O–H groups in total. The van der Waals surface area contributed by atoms with Crippen LogP contribution < -0.4 is 37.9 Å². The summed E-state index contributed by atoms with van der Waals surface area (Å²) in [4.78, 5) is 51.7. The molecule has 0 unspecified atom stereocenters. The van der Waals surface area contributed by atoms with Gasteiger partial charge in [-0.05, 0) is 73.6 Å². The van der Waals surface area contributed by atoms with Gasteiger partial charge in [-0.1, -0.05) is 55.4 Å². The lowest BCUT2D eigenvalue weighted by molar-refractivity contribution is -0.143. The van der Waals surface area contributed by atoms with Crippen LogP contribution >= 0.6 is 0 Å². The number of fused-ring (bicyclic) bond motifs is 8. The van der Waals surface area contributed by atoms with Crippen LogP contribution in [0.25, 0.3) is 0 Å². The van der Waals surface area contributed by atoms with Gasteiger partial charge in [0.25, 0.3) is 0 Å². The molecular formula is C60H80O16. The molecule has 0 aliphatic heterocycles. The molecule has 4 aromatic carbocycles. The van der Waals surface area contributed by atoms with E-state index in [1.165, 1.54) is 28.4 Å². The lowest BCUT2D eigenvalue weighted by atomic mass is 9.75. The van der Waals surface area contributed by atoms with Crippen molar-refractivity contribution in [2.75, 3.05) is 83.3 Å². The molecule has 0 spiro atoms. The maximum Gasteiger partial charge on any atom is 0.343 e. The average molecular weight is 1060 g/mol. The van der Waals surface area contributed by atoms with Crippen LogP contribution in [0.15, 0.2) is 48.5 Å². The number of ether oxygens (including phenoxy) is 12. The molecule has 0 aromatic heterocycles. The van der Waals surface area contributed by atoms with Gasteiger partial charge in [0.15, 0.2) is 26.4 Å². The zero-order chi connectivity index (χ0) is 56.0. The predicted molar refractivity (Wildman–Crippen MR) is 287 cm³/mol. The van der Waals surface area contributed by atoms with Crippen molar-refractivity contribution in [2.45, 2.75) is 105 Å². The minimum atomic E-state index is -0.575. The van der Waals surface area contributed by atoms with Crippen LogP contribution in [0.2, 0.25) is 0 Å². The van der Waals surface area contributed by atoms with Crippen molar-refractivity contribution in [2.24, 2.45) is 23.7 Å². The first-order valence-corrected chi connectivity index (χ1v) is 25.9. The fourth-order valence-corrected chi connectivity index (χ4v) is 10.1. The second-order valence-corrected chi connectivity index (χ2v) is 20.7. The lowest BCUT2D eigenvalue weighted by Crippen LogP contribution is -2.20. The summed E-state index contributed by atoms with van der Waals surface area (Å²) in [6, 6.07) is 15.6. The van der Waals surface area contributed by atoms with E-state index in [0.29, 0.717) is 71.7 Å². The molecule has 0 amide bonds. The van der Waals surface area contributed by atoms with Crippen molar-refractivity contribution >= 4 is 23.9 Å². The molecular weight excluding hydrogens is 977 g/mol. The summed E-state index contributed by atoms with van der Waals surface area (Å²) in [6.07, 6.45) is 2.27. The maximum absolute atomic E-state index is 12.9. The van der Waals surface area contributed by atoms with E-state index in [9.17, 15) is 19.2 Å². The van der Waals surface area contributed by atoms with Crippen LogP contribution in [0.5, 0.6) is 46.0 Å². The van der Waals surface area contributed by atoms with Gasteiger partial charge < -0.3 is 56.8 Å². The van der Waals surface area contributed by atoms with E-state index in [-0.39, 0.29) is 50.1 Å². The summed E-state index contributed by atoms with van der Waals surface area (Å²) < 4.78 is 71.6. The molecule has 0 radical (unpaired) electrons. The molecule has 16 nitrogen and oxygen atoms in total. The predicted octanol–water partition coefficient (Wildman–Crippen LogP) is 11.0. The van der Waals surface area contributed by atoms with Gasteiger partial charge >= 0.3 is 23.9 Å². The fourth-order valence-electron chi connectivity index (χ4n) is 10.1. The highest BCUT2D eigenvalue weighted by atomic mass is 16.6. The number of hydrogen-bond acceptors (Lipinski definition) is 16. The third-order valence-electron chi connectivity index (χ3n) is 13.6. The Balaban J connectivity index is 2.17. The first-order valence-electron chi connectivity index (χ1n) is 25.9. The quantitative estimate of drug-likeness (QED) is 0.0477. The highest BCUT2D eigenvalue weighted by molar-refractivity contribution is 5.73. The van der Waals surface area contributed by atoms with Crippen LogP contribution in [0.3, 0.4) is 0 Å². The Bertz CT molecular complexity index is 2280. The smallest absolute Gasteiger partial charge is 0.343 e. The number of esters is 4. The topological polar surface area (TPSA) is 179 Å². The van der Waals surface area contributed by atoms with Gasteiger partial charge in [0.1, 0.15) is 46.0 Å². The molecule has 5 rings (SSSR count). The molecule has 4 aromatic rings. The second-order valence-electron chi connectivity index (χ2n) is 20.7. The first-order chi connectivity index (χ1) is 36.2. The van der Waals surface area contributed by atoms with E-state index in [1.54, 1.807) is 28.4 Å². The lowest BCUT2D eigenvalue weighted by Gasteiger charge is -2.33. The molecule has 76 heavy (non-hydrogen) atoms. The molecule has 0 heterocycles. The van der Waals surface area contributed by atoms with E-state index < -0.39 is 47.5 Å². The van der Waals surface area contributed by atoms with Crippen molar-refractivity contribution in [3.63, 3.8) is 0 Å². The molecule has 4 atom stereocenters. The molecule has 1 aliphatic rings. The van der Waals surface area contributed by atoms with Crippen LogP contribution in [-0.4, -0.2) is 107 Å². The molecule has 0 saturated heterocycles. The van der Waals surface area contributed by atoms with Gasteiger partial charge in [-0.2, -0.15) is 0 Å². The SMILES string of the molecule is COC(=O)COc1cc(OC)c2cc1[C@H](CC(C)C)c1cc(c(OCC(=O)OC)cc1OC)[C@H](CC(C)C)c1cc(c(OCC(=O)OC)cc1OC)[C@H](CC(C)C)c1cc(c(OCC(=O)OC)cc1OC)[C@@H]2CC(C)C. The summed E-state index contributed by atoms with van der Waals surface area (Å²) in [5.74, 6) is -0.377. The number of benzene rings is 4. The summed E-state index contributed by atoms with van der Waals surface area (Å²) in [6.45, 7) is 15.5. The minimum Gasteiger partial charge on any atom is -0.496 e. The Kier molecular flexibility index (Phi) is 22.0. The van der Waals surface area contributed by atoms with E-state index in [2.05, 4.69) is 79.7 Å². The third kappa shape index (κ3) is 14.8. The van der Waals surface area contributed by atoms with Crippen molar-refractivity contribution in [3.8, 4) is 46.0 Å². The summed E-state index contributed by atoms with van der Waals surface area (Å²) in [7, 11) is 11.6. The normalized spacial score (nSPS) is 15.9. The summed E-state index contributed by atoms with van der Waals surface area (Å²) in [5.41, 5.74) is 6.05.